The Morgan fingerprint density at radius 1 is 1.06 bits per heavy atom. The van der Waals surface area contributed by atoms with E-state index < -0.39 is 5.91 Å². The number of aromatic nitrogens is 4. The van der Waals surface area contributed by atoms with Crippen molar-refractivity contribution in [2.24, 2.45) is 0 Å². The predicted octanol–water partition coefficient (Wildman–Crippen LogP) is 3.65. The van der Waals surface area contributed by atoms with Gasteiger partial charge in [0.15, 0.2) is 11.3 Å². The molecule has 0 atom stereocenters. The Balaban J connectivity index is 1.74. The number of benzene rings is 2. The lowest BCUT2D eigenvalue weighted by molar-refractivity contribution is 0.102. The molecular formula is C22H20FN5O3. The first-order valence-electron chi connectivity index (χ1n) is 9.47. The molecule has 158 valence electrons. The Kier molecular flexibility index (Phi) is 5.59. The summed E-state index contributed by atoms with van der Waals surface area (Å²) in [6, 6.07) is 13.0. The molecule has 8 nitrogen and oxygen atoms in total. The molecule has 1 N–H and O–H groups in total. The number of methoxy groups -OCH3 is 2. The molecule has 0 aliphatic rings. The van der Waals surface area contributed by atoms with Gasteiger partial charge in [0.05, 0.1) is 30.7 Å². The minimum absolute atomic E-state index is 0.139. The normalized spacial score (nSPS) is 11.0. The van der Waals surface area contributed by atoms with E-state index in [2.05, 4.69) is 20.6 Å². The van der Waals surface area contributed by atoms with Crippen molar-refractivity contribution in [3.8, 4) is 16.9 Å². The van der Waals surface area contributed by atoms with Gasteiger partial charge in [-0.25, -0.2) is 8.91 Å². The molecule has 1 amide bonds. The van der Waals surface area contributed by atoms with Gasteiger partial charge in [0.1, 0.15) is 11.6 Å². The van der Waals surface area contributed by atoms with Crippen LogP contribution < -0.4 is 10.1 Å². The average Bonchev–Trinajstić information content (AvgIpc) is 3.14. The number of nitrogens with one attached hydrogen (secondary N) is 1. The number of rotatable bonds is 6. The van der Waals surface area contributed by atoms with Crippen molar-refractivity contribution >= 4 is 17.2 Å². The largest absolute Gasteiger partial charge is 0.497 e. The molecule has 2 aromatic carbocycles. The van der Waals surface area contributed by atoms with Crippen LogP contribution in [0, 0.1) is 12.7 Å². The Labute approximate surface area is 177 Å². The van der Waals surface area contributed by atoms with E-state index in [1.165, 1.54) is 12.1 Å². The molecule has 0 unspecified atom stereocenters. The molecule has 0 spiro atoms. The van der Waals surface area contributed by atoms with Crippen LogP contribution >= 0.6 is 0 Å². The molecule has 0 radical (unpaired) electrons. The summed E-state index contributed by atoms with van der Waals surface area (Å²) in [6.07, 6.45) is 0. The highest BCUT2D eigenvalue weighted by molar-refractivity contribution is 6.03. The molecule has 0 aliphatic carbocycles. The number of amides is 1. The van der Waals surface area contributed by atoms with Crippen molar-refractivity contribution in [1.29, 1.82) is 0 Å². The fraction of sp³-hybridized carbons (Fsp3) is 0.182. The van der Waals surface area contributed by atoms with Crippen LogP contribution in [-0.2, 0) is 11.3 Å². The van der Waals surface area contributed by atoms with Gasteiger partial charge in [0.2, 0.25) is 0 Å². The van der Waals surface area contributed by atoms with Crippen LogP contribution in [0.2, 0.25) is 0 Å². The van der Waals surface area contributed by atoms with Gasteiger partial charge in [-0.15, -0.1) is 10.2 Å². The molecule has 4 rings (SSSR count). The molecule has 0 bridgehead atoms. The summed E-state index contributed by atoms with van der Waals surface area (Å²) >= 11 is 0. The number of ether oxygens (including phenoxy) is 2. The zero-order valence-electron chi connectivity index (χ0n) is 17.2. The number of carbonyl (C=O) groups is 1. The van der Waals surface area contributed by atoms with Gasteiger partial charge in [-0.3, -0.25) is 4.79 Å². The lowest BCUT2D eigenvalue weighted by Crippen LogP contribution is -2.18. The van der Waals surface area contributed by atoms with Crippen LogP contribution in [0.1, 0.15) is 21.9 Å². The van der Waals surface area contributed by atoms with Gasteiger partial charge < -0.3 is 14.8 Å². The Morgan fingerprint density at radius 2 is 1.77 bits per heavy atom. The zero-order chi connectivity index (χ0) is 22.0. The minimum Gasteiger partial charge on any atom is -0.497 e. The van der Waals surface area contributed by atoms with Gasteiger partial charge in [-0.05, 0) is 48.9 Å². The monoisotopic (exact) mass is 421 g/mol. The summed E-state index contributed by atoms with van der Waals surface area (Å²) in [5.74, 6) is -0.0663. The van der Waals surface area contributed by atoms with Crippen LogP contribution in [0.3, 0.4) is 0 Å². The first-order chi connectivity index (χ1) is 15.0. The van der Waals surface area contributed by atoms with E-state index in [4.69, 9.17) is 9.47 Å². The van der Waals surface area contributed by atoms with Crippen molar-refractivity contribution in [3.05, 3.63) is 71.4 Å². The van der Waals surface area contributed by atoms with Crippen molar-refractivity contribution in [2.75, 3.05) is 19.5 Å². The summed E-state index contributed by atoms with van der Waals surface area (Å²) in [7, 11) is 3.13. The van der Waals surface area contributed by atoms with E-state index in [1.807, 2.05) is 0 Å². The molecule has 4 aromatic rings. The molecule has 0 aliphatic heterocycles. The molecular weight excluding hydrogens is 401 g/mol. The molecule has 0 saturated heterocycles. The van der Waals surface area contributed by atoms with Crippen LogP contribution in [0.5, 0.6) is 5.75 Å². The summed E-state index contributed by atoms with van der Waals surface area (Å²) in [5.41, 5.74) is 3.73. The second-order valence-corrected chi connectivity index (χ2v) is 6.81. The number of hydrogen-bond donors (Lipinski definition) is 1. The van der Waals surface area contributed by atoms with E-state index in [-0.39, 0.29) is 18.1 Å². The Bertz CT molecular complexity index is 1240. The minimum atomic E-state index is -0.413. The quantitative estimate of drug-likeness (QED) is 0.511. The van der Waals surface area contributed by atoms with Crippen molar-refractivity contribution in [2.45, 2.75) is 13.5 Å². The Morgan fingerprint density at radius 3 is 2.42 bits per heavy atom. The SMILES string of the molecule is COCc1nn2c(C)c(C(=O)Nc3ccc(OC)cc3)nnc2c1-c1ccc(F)cc1. The number of anilines is 1. The highest BCUT2D eigenvalue weighted by Gasteiger charge is 2.22. The molecule has 2 aromatic heterocycles. The van der Waals surface area contributed by atoms with E-state index in [0.29, 0.717) is 34.0 Å². The van der Waals surface area contributed by atoms with E-state index in [0.717, 1.165) is 5.56 Å². The molecule has 0 saturated carbocycles. The van der Waals surface area contributed by atoms with Crippen molar-refractivity contribution in [1.82, 2.24) is 19.8 Å². The van der Waals surface area contributed by atoms with Gasteiger partial charge in [0, 0.05) is 12.8 Å². The van der Waals surface area contributed by atoms with Gasteiger partial charge >= 0.3 is 0 Å². The highest BCUT2D eigenvalue weighted by Crippen LogP contribution is 2.29. The number of carbonyl (C=O) groups excluding carboxylic acids is 1. The van der Waals surface area contributed by atoms with Crippen LogP contribution in [-0.4, -0.2) is 39.9 Å². The second-order valence-electron chi connectivity index (χ2n) is 6.81. The van der Waals surface area contributed by atoms with Crippen LogP contribution in [0.15, 0.2) is 48.5 Å². The molecule has 31 heavy (non-hydrogen) atoms. The van der Waals surface area contributed by atoms with Crippen LogP contribution in [0.25, 0.3) is 16.8 Å². The van der Waals surface area contributed by atoms with Gasteiger partial charge in [0.25, 0.3) is 5.91 Å². The van der Waals surface area contributed by atoms with Crippen LogP contribution in [0.4, 0.5) is 10.1 Å². The third kappa shape index (κ3) is 3.95. The number of hydrogen-bond acceptors (Lipinski definition) is 6. The zero-order valence-corrected chi connectivity index (χ0v) is 17.2. The summed E-state index contributed by atoms with van der Waals surface area (Å²) in [5, 5.41) is 15.8. The van der Waals surface area contributed by atoms with E-state index in [9.17, 15) is 9.18 Å². The fourth-order valence-corrected chi connectivity index (χ4v) is 3.27. The number of aryl methyl sites for hydroxylation is 1. The highest BCUT2D eigenvalue weighted by atomic mass is 19.1. The van der Waals surface area contributed by atoms with Gasteiger partial charge in [-0.1, -0.05) is 12.1 Å². The summed E-state index contributed by atoms with van der Waals surface area (Å²) in [4.78, 5) is 12.8. The average molecular weight is 421 g/mol. The Hall–Kier alpha value is -3.85. The summed E-state index contributed by atoms with van der Waals surface area (Å²) < 4.78 is 25.3. The van der Waals surface area contributed by atoms with Gasteiger partial charge in [-0.2, -0.15) is 5.10 Å². The molecule has 0 fully saturated rings. The first-order valence-corrected chi connectivity index (χ1v) is 9.47. The second kappa shape index (κ2) is 8.49. The maximum atomic E-state index is 13.4. The molecule has 2 heterocycles. The summed E-state index contributed by atoms with van der Waals surface area (Å²) in [6.45, 7) is 1.96. The maximum Gasteiger partial charge on any atom is 0.278 e. The number of fused-ring (bicyclic) bond motifs is 1. The first kappa shape index (κ1) is 20.4. The van der Waals surface area contributed by atoms with E-state index in [1.54, 1.807) is 62.1 Å². The third-order valence-corrected chi connectivity index (χ3v) is 4.82. The van der Waals surface area contributed by atoms with Crippen molar-refractivity contribution in [3.63, 3.8) is 0 Å². The molecule has 9 heteroatoms. The predicted molar refractivity (Wildman–Crippen MR) is 113 cm³/mol. The standard InChI is InChI=1S/C22H20FN5O3/c1-13-20(22(29)24-16-8-10-17(31-3)11-9-16)25-26-21-19(14-4-6-15(23)7-5-14)18(12-30-2)27-28(13)21/h4-11H,12H2,1-3H3,(H,24,29). The van der Waals surface area contributed by atoms with E-state index >= 15 is 0 Å². The number of nitrogens with zero attached hydrogens (tertiary/aromatic N) is 4. The fourth-order valence-electron chi connectivity index (χ4n) is 3.27. The smallest absolute Gasteiger partial charge is 0.278 e. The number of halogens is 1. The lowest BCUT2D eigenvalue weighted by Gasteiger charge is -2.08. The maximum absolute atomic E-state index is 13.4. The lowest BCUT2D eigenvalue weighted by atomic mass is 10.1. The van der Waals surface area contributed by atoms with Crippen molar-refractivity contribution < 1.29 is 18.7 Å². The topological polar surface area (TPSA) is 90.6 Å². The third-order valence-electron chi connectivity index (χ3n) is 4.82.